The average Bonchev–Trinajstić information content (AvgIpc) is 2.84. The Morgan fingerprint density at radius 2 is 1.35 bits per heavy atom. The van der Waals surface area contributed by atoms with E-state index in [0.29, 0.717) is 13.1 Å². The Bertz CT molecular complexity index is 1070. The minimum atomic E-state index is 0.103. The van der Waals surface area contributed by atoms with Crippen LogP contribution in [0.15, 0.2) is 54.9 Å². The lowest BCUT2D eigenvalue weighted by atomic mass is 10.1. The summed E-state index contributed by atoms with van der Waals surface area (Å²) in [5, 5.41) is 2.26. The standard InChI is InChI=1S/C24H28N6O/c1-27-8-10-28(11-9-27)22-17-23(26-18-25-22)29-12-14-30(15-13-29)24(31)21-7-6-19-4-2-3-5-20(19)16-21/h2-7,16-18H,8-15H2,1H3. The van der Waals surface area contributed by atoms with E-state index in [4.69, 9.17) is 0 Å². The predicted octanol–water partition coefficient (Wildman–Crippen LogP) is 2.34. The molecule has 1 aromatic heterocycles. The number of hydrogen-bond acceptors (Lipinski definition) is 6. The number of benzene rings is 2. The monoisotopic (exact) mass is 416 g/mol. The highest BCUT2D eigenvalue weighted by molar-refractivity contribution is 5.98. The highest BCUT2D eigenvalue weighted by Crippen LogP contribution is 2.21. The van der Waals surface area contributed by atoms with Crippen molar-refractivity contribution in [2.75, 3.05) is 69.2 Å². The number of amides is 1. The lowest BCUT2D eigenvalue weighted by Gasteiger charge is -2.36. The number of aromatic nitrogens is 2. The maximum Gasteiger partial charge on any atom is 0.253 e. The van der Waals surface area contributed by atoms with Crippen LogP contribution in [0.5, 0.6) is 0 Å². The fraction of sp³-hybridized carbons (Fsp3) is 0.375. The van der Waals surface area contributed by atoms with Gasteiger partial charge in [-0.2, -0.15) is 0 Å². The zero-order valence-corrected chi connectivity index (χ0v) is 17.9. The third-order valence-electron chi connectivity index (χ3n) is 6.35. The highest BCUT2D eigenvalue weighted by atomic mass is 16.2. The largest absolute Gasteiger partial charge is 0.354 e. The van der Waals surface area contributed by atoms with Gasteiger partial charge >= 0.3 is 0 Å². The first-order valence-corrected chi connectivity index (χ1v) is 11.0. The summed E-state index contributed by atoms with van der Waals surface area (Å²) in [6.07, 6.45) is 1.66. The van der Waals surface area contributed by atoms with Crippen LogP contribution < -0.4 is 9.80 Å². The number of fused-ring (bicyclic) bond motifs is 1. The average molecular weight is 417 g/mol. The molecule has 0 saturated carbocycles. The summed E-state index contributed by atoms with van der Waals surface area (Å²) in [6, 6.07) is 16.2. The minimum Gasteiger partial charge on any atom is -0.354 e. The van der Waals surface area contributed by atoms with Gasteiger partial charge in [-0.25, -0.2) is 9.97 Å². The van der Waals surface area contributed by atoms with Gasteiger partial charge in [-0.3, -0.25) is 4.79 Å². The topological polar surface area (TPSA) is 55.8 Å². The highest BCUT2D eigenvalue weighted by Gasteiger charge is 2.24. The molecule has 7 nitrogen and oxygen atoms in total. The molecule has 2 saturated heterocycles. The molecule has 0 unspecified atom stereocenters. The number of carbonyl (C=O) groups is 1. The Labute approximate surface area is 182 Å². The Morgan fingerprint density at radius 3 is 2.03 bits per heavy atom. The van der Waals surface area contributed by atoms with E-state index in [0.717, 1.165) is 67.2 Å². The predicted molar refractivity (Wildman–Crippen MR) is 124 cm³/mol. The molecule has 3 aromatic rings. The fourth-order valence-electron chi connectivity index (χ4n) is 4.36. The minimum absolute atomic E-state index is 0.103. The van der Waals surface area contributed by atoms with Gasteiger partial charge in [0.05, 0.1) is 0 Å². The molecule has 0 spiro atoms. The molecule has 3 heterocycles. The molecule has 0 atom stereocenters. The molecular formula is C24H28N6O. The lowest BCUT2D eigenvalue weighted by Crippen LogP contribution is -2.49. The van der Waals surface area contributed by atoms with Crippen LogP contribution >= 0.6 is 0 Å². The molecule has 0 bridgehead atoms. The summed E-state index contributed by atoms with van der Waals surface area (Å²) in [6.45, 7) is 7.02. The van der Waals surface area contributed by atoms with Crippen LogP contribution in [-0.2, 0) is 0 Å². The summed E-state index contributed by atoms with van der Waals surface area (Å²) in [4.78, 5) is 30.9. The second-order valence-electron chi connectivity index (χ2n) is 8.37. The van der Waals surface area contributed by atoms with E-state index in [1.54, 1.807) is 6.33 Å². The molecule has 2 aromatic carbocycles. The molecule has 160 valence electrons. The first-order chi connectivity index (χ1) is 15.2. The van der Waals surface area contributed by atoms with Crippen molar-refractivity contribution < 1.29 is 4.79 Å². The van der Waals surface area contributed by atoms with Gasteiger partial charge in [0.15, 0.2) is 0 Å². The third-order valence-corrected chi connectivity index (χ3v) is 6.35. The van der Waals surface area contributed by atoms with E-state index in [2.05, 4.69) is 49.9 Å². The van der Waals surface area contributed by atoms with E-state index in [-0.39, 0.29) is 5.91 Å². The summed E-state index contributed by atoms with van der Waals surface area (Å²) in [7, 11) is 2.15. The van der Waals surface area contributed by atoms with Gasteiger partial charge in [-0.05, 0) is 30.0 Å². The van der Waals surface area contributed by atoms with Gasteiger partial charge in [0, 0.05) is 64.0 Å². The van der Waals surface area contributed by atoms with Gasteiger partial charge in [0.1, 0.15) is 18.0 Å². The van der Waals surface area contributed by atoms with Crippen LogP contribution in [-0.4, -0.2) is 85.1 Å². The SMILES string of the molecule is CN1CCN(c2cc(N3CCN(C(=O)c4ccc5ccccc5c4)CC3)ncn2)CC1. The molecule has 2 aliphatic rings. The van der Waals surface area contributed by atoms with Crippen LogP contribution in [0.3, 0.4) is 0 Å². The maximum atomic E-state index is 13.0. The lowest BCUT2D eigenvalue weighted by molar-refractivity contribution is 0.0746. The quantitative estimate of drug-likeness (QED) is 0.653. The number of nitrogens with zero attached hydrogens (tertiary/aromatic N) is 6. The van der Waals surface area contributed by atoms with Gasteiger partial charge in [-0.1, -0.05) is 30.3 Å². The van der Waals surface area contributed by atoms with Gasteiger partial charge in [-0.15, -0.1) is 0 Å². The van der Waals surface area contributed by atoms with E-state index >= 15 is 0 Å². The van der Waals surface area contributed by atoms with Crippen molar-refractivity contribution >= 4 is 28.3 Å². The van der Waals surface area contributed by atoms with Crippen LogP contribution in [0.4, 0.5) is 11.6 Å². The summed E-state index contributed by atoms with van der Waals surface area (Å²) in [5.41, 5.74) is 0.756. The summed E-state index contributed by atoms with van der Waals surface area (Å²) in [5.74, 6) is 2.04. The van der Waals surface area contributed by atoms with E-state index in [1.807, 2.05) is 35.2 Å². The molecule has 2 aliphatic heterocycles. The molecule has 5 rings (SSSR count). The van der Waals surface area contributed by atoms with Crippen LogP contribution in [0, 0.1) is 0 Å². The van der Waals surface area contributed by atoms with Gasteiger partial charge in [0.25, 0.3) is 5.91 Å². The number of rotatable bonds is 3. The van der Waals surface area contributed by atoms with Crippen molar-refractivity contribution in [2.45, 2.75) is 0 Å². The van der Waals surface area contributed by atoms with E-state index < -0.39 is 0 Å². The summed E-state index contributed by atoms with van der Waals surface area (Å²) < 4.78 is 0. The maximum absolute atomic E-state index is 13.0. The van der Waals surface area contributed by atoms with Crippen LogP contribution in [0.25, 0.3) is 10.8 Å². The second kappa shape index (κ2) is 8.51. The van der Waals surface area contributed by atoms with Gasteiger partial charge in [0.2, 0.25) is 0 Å². The van der Waals surface area contributed by atoms with Crippen molar-refractivity contribution in [2.24, 2.45) is 0 Å². The molecule has 7 heteroatoms. The Hall–Kier alpha value is -3.19. The number of piperazine rings is 2. The van der Waals surface area contributed by atoms with E-state index in [9.17, 15) is 4.79 Å². The molecule has 0 N–H and O–H groups in total. The summed E-state index contributed by atoms with van der Waals surface area (Å²) >= 11 is 0. The van der Waals surface area contributed by atoms with Crippen molar-refractivity contribution in [1.29, 1.82) is 0 Å². The van der Waals surface area contributed by atoms with Crippen LogP contribution in [0.2, 0.25) is 0 Å². The number of likely N-dealkylation sites (N-methyl/N-ethyl adjacent to an activating group) is 1. The zero-order chi connectivity index (χ0) is 21.2. The fourth-order valence-corrected chi connectivity index (χ4v) is 4.36. The Balaban J connectivity index is 1.24. The number of anilines is 2. The van der Waals surface area contributed by atoms with Crippen LogP contribution in [0.1, 0.15) is 10.4 Å². The molecule has 31 heavy (non-hydrogen) atoms. The zero-order valence-electron chi connectivity index (χ0n) is 17.9. The molecule has 0 aliphatic carbocycles. The van der Waals surface area contributed by atoms with Crippen molar-refractivity contribution in [3.8, 4) is 0 Å². The molecule has 2 fully saturated rings. The Kier molecular flexibility index (Phi) is 5.42. The normalized spacial score (nSPS) is 17.9. The molecule has 0 radical (unpaired) electrons. The van der Waals surface area contributed by atoms with Crippen molar-refractivity contribution in [1.82, 2.24) is 19.8 Å². The number of hydrogen-bond donors (Lipinski definition) is 0. The van der Waals surface area contributed by atoms with Crippen molar-refractivity contribution in [3.63, 3.8) is 0 Å². The Morgan fingerprint density at radius 1 is 0.742 bits per heavy atom. The van der Waals surface area contributed by atoms with Gasteiger partial charge < -0.3 is 19.6 Å². The van der Waals surface area contributed by atoms with Crippen molar-refractivity contribution in [3.05, 3.63) is 60.4 Å². The number of carbonyl (C=O) groups excluding carboxylic acids is 1. The second-order valence-corrected chi connectivity index (χ2v) is 8.37. The smallest absolute Gasteiger partial charge is 0.253 e. The van der Waals surface area contributed by atoms with E-state index in [1.165, 1.54) is 0 Å². The molecular weight excluding hydrogens is 388 g/mol. The third kappa shape index (κ3) is 4.18. The first-order valence-electron chi connectivity index (χ1n) is 11.0. The first kappa shape index (κ1) is 19.8. The molecule has 1 amide bonds.